The molecule has 0 spiro atoms. The van der Waals surface area contributed by atoms with Crippen LogP contribution in [0.5, 0.6) is 0 Å². The Kier molecular flexibility index (Phi) is 5.12. The molecule has 0 saturated carbocycles. The van der Waals surface area contributed by atoms with E-state index in [1.807, 2.05) is 0 Å². The van der Waals surface area contributed by atoms with Crippen LogP contribution in [0, 0.1) is 10.1 Å². The number of nitro benzene ring substituents is 1. The second-order valence-corrected chi connectivity index (χ2v) is 5.98. The summed E-state index contributed by atoms with van der Waals surface area (Å²) in [6.07, 6.45) is 3.59. The summed E-state index contributed by atoms with van der Waals surface area (Å²) < 4.78 is 0. The topological polar surface area (TPSA) is 114 Å². The number of carbonyl (C=O) groups is 1. The molecule has 1 heterocycles. The molecule has 3 rings (SSSR count). The van der Waals surface area contributed by atoms with Gasteiger partial charge in [0.05, 0.1) is 16.7 Å². The van der Waals surface area contributed by atoms with Gasteiger partial charge in [0.2, 0.25) is 0 Å². The molecule has 0 radical (unpaired) electrons. The molecular weight excluding hydrogens is 334 g/mol. The van der Waals surface area contributed by atoms with Gasteiger partial charge in [0.15, 0.2) is 0 Å². The van der Waals surface area contributed by atoms with Gasteiger partial charge in [-0.05, 0) is 31.0 Å². The number of nitrogens with zero attached hydrogens (tertiary/aromatic N) is 3. The molecule has 1 fully saturated rings. The lowest BCUT2D eigenvalue weighted by molar-refractivity contribution is -0.384. The number of non-ortho nitro benzene ring substituents is 1. The molecule has 1 aliphatic rings. The fraction of sp³-hybridized carbons (Fsp3) is 0.222. The lowest BCUT2D eigenvalue weighted by atomic mass is 10.1. The Morgan fingerprint density at radius 3 is 2.65 bits per heavy atom. The van der Waals surface area contributed by atoms with Gasteiger partial charge in [0, 0.05) is 42.2 Å². The summed E-state index contributed by atoms with van der Waals surface area (Å²) in [4.78, 5) is 24.9. The molecule has 26 heavy (non-hydrogen) atoms. The molecule has 2 aromatic rings. The number of rotatable bonds is 5. The number of hydrazone groups is 1. The SMILES string of the molecule is Nc1ccccc1C(=O)N/N=C\c1cc([N+](=O)[O-])ccc1N1CCCC1. The number of benzene rings is 2. The van der Waals surface area contributed by atoms with Crippen molar-refractivity contribution in [2.24, 2.45) is 5.10 Å². The second-order valence-electron chi connectivity index (χ2n) is 5.98. The maximum Gasteiger partial charge on any atom is 0.273 e. The van der Waals surface area contributed by atoms with E-state index in [0.717, 1.165) is 31.6 Å². The van der Waals surface area contributed by atoms with Gasteiger partial charge >= 0.3 is 0 Å². The van der Waals surface area contributed by atoms with E-state index in [0.29, 0.717) is 16.8 Å². The zero-order valence-electron chi connectivity index (χ0n) is 14.1. The predicted molar refractivity (Wildman–Crippen MR) is 100 cm³/mol. The monoisotopic (exact) mass is 353 g/mol. The molecule has 2 aromatic carbocycles. The van der Waals surface area contributed by atoms with Crippen LogP contribution in [0.25, 0.3) is 0 Å². The van der Waals surface area contributed by atoms with Crippen molar-refractivity contribution in [1.29, 1.82) is 0 Å². The molecule has 1 saturated heterocycles. The Bertz CT molecular complexity index is 860. The fourth-order valence-corrected chi connectivity index (χ4v) is 2.93. The van der Waals surface area contributed by atoms with Crippen molar-refractivity contribution in [1.82, 2.24) is 5.43 Å². The molecule has 0 bridgehead atoms. The van der Waals surface area contributed by atoms with Crippen molar-refractivity contribution in [2.75, 3.05) is 23.7 Å². The van der Waals surface area contributed by atoms with Crippen molar-refractivity contribution in [3.63, 3.8) is 0 Å². The van der Waals surface area contributed by atoms with E-state index in [2.05, 4.69) is 15.4 Å². The average Bonchev–Trinajstić information content (AvgIpc) is 3.16. The van der Waals surface area contributed by atoms with Gasteiger partial charge in [-0.2, -0.15) is 5.10 Å². The predicted octanol–water partition coefficient (Wildman–Crippen LogP) is 2.54. The normalized spacial score (nSPS) is 13.9. The number of nitro groups is 1. The molecule has 0 atom stereocenters. The third kappa shape index (κ3) is 3.80. The number of nitrogens with one attached hydrogen (secondary N) is 1. The Morgan fingerprint density at radius 1 is 1.23 bits per heavy atom. The summed E-state index contributed by atoms with van der Waals surface area (Å²) in [6.45, 7) is 1.79. The first kappa shape index (κ1) is 17.4. The zero-order valence-corrected chi connectivity index (χ0v) is 14.1. The van der Waals surface area contributed by atoms with Gasteiger partial charge in [-0.15, -0.1) is 0 Å². The minimum absolute atomic E-state index is 0.0203. The van der Waals surface area contributed by atoms with Crippen LogP contribution in [-0.2, 0) is 0 Å². The minimum atomic E-state index is -0.450. The van der Waals surface area contributed by atoms with E-state index < -0.39 is 10.8 Å². The van der Waals surface area contributed by atoms with Crippen LogP contribution >= 0.6 is 0 Å². The van der Waals surface area contributed by atoms with Crippen molar-refractivity contribution < 1.29 is 9.72 Å². The standard InChI is InChI=1S/C18H19N5O3/c19-16-6-2-1-5-15(16)18(24)21-20-12-13-11-14(23(25)26)7-8-17(13)22-9-3-4-10-22/h1-2,5-8,11-12H,3-4,9-10,19H2,(H,21,24)/b20-12-. The molecule has 8 nitrogen and oxygen atoms in total. The van der Waals surface area contributed by atoms with E-state index in [4.69, 9.17) is 5.73 Å². The van der Waals surface area contributed by atoms with Crippen LogP contribution in [0.2, 0.25) is 0 Å². The molecule has 1 amide bonds. The Labute approximate surface area is 150 Å². The van der Waals surface area contributed by atoms with E-state index >= 15 is 0 Å². The summed E-state index contributed by atoms with van der Waals surface area (Å²) in [5.41, 5.74) is 10.3. The van der Waals surface area contributed by atoms with Gasteiger partial charge in [-0.1, -0.05) is 12.1 Å². The summed E-state index contributed by atoms with van der Waals surface area (Å²) in [7, 11) is 0. The Morgan fingerprint density at radius 2 is 1.96 bits per heavy atom. The first-order chi connectivity index (χ1) is 12.6. The third-order valence-electron chi connectivity index (χ3n) is 4.24. The van der Waals surface area contributed by atoms with Gasteiger partial charge in [0.25, 0.3) is 11.6 Å². The van der Waals surface area contributed by atoms with E-state index in [1.165, 1.54) is 18.3 Å². The lowest BCUT2D eigenvalue weighted by Gasteiger charge is -2.19. The highest BCUT2D eigenvalue weighted by Gasteiger charge is 2.18. The van der Waals surface area contributed by atoms with Crippen LogP contribution in [0.3, 0.4) is 0 Å². The van der Waals surface area contributed by atoms with Crippen molar-refractivity contribution in [2.45, 2.75) is 12.8 Å². The average molecular weight is 353 g/mol. The first-order valence-corrected chi connectivity index (χ1v) is 8.27. The number of para-hydroxylation sites is 1. The summed E-state index contributed by atoms with van der Waals surface area (Å²) in [5.74, 6) is -0.437. The number of anilines is 2. The van der Waals surface area contributed by atoms with Gasteiger partial charge in [-0.25, -0.2) is 5.43 Å². The molecular formula is C18H19N5O3. The number of hydrogen-bond acceptors (Lipinski definition) is 6. The van der Waals surface area contributed by atoms with E-state index in [1.54, 1.807) is 30.3 Å². The van der Waals surface area contributed by atoms with Crippen molar-refractivity contribution in [3.8, 4) is 0 Å². The second kappa shape index (κ2) is 7.64. The highest BCUT2D eigenvalue weighted by Crippen LogP contribution is 2.27. The smallest absolute Gasteiger partial charge is 0.273 e. The van der Waals surface area contributed by atoms with Crippen molar-refractivity contribution in [3.05, 3.63) is 63.7 Å². The van der Waals surface area contributed by atoms with E-state index in [9.17, 15) is 14.9 Å². The van der Waals surface area contributed by atoms with Crippen molar-refractivity contribution >= 4 is 29.2 Å². The number of carbonyl (C=O) groups excluding carboxylic acids is 1. The van der Waals surface area contributed by atoms with Gasteiger partial charge in [-0.3, -0.25) is 14.9 Å². The maximum absolute atomic E-state index is 12.1. The zero-order chi connectivity index (χ0) is 18.5. The molecule has 1 aliphatic heterocycles. The third-order valence-corrected chi connectivity index (χ3v) is 4.24. The number of nitrogens with two attached hydrogens (primary N) is 1. The molecule has 134 valence electrons. The highest BCUT2D eigenvalue weighted by molar-refractivity contribution is 5.99. The quantitative estimate of drug-likeness (QED) is 0.371. The number of hydrogen-bond donors (Lipinski definition) is 2. The van der Waals surface area contributed by atoms with Crippen LogP contribution in [0.15, 0.2) is 47.6 Å². The number of nitrogen functional groups attached to an aromatic ring is 1. The van der Waals surface area contributed by atoms with E-state index in [-0.39, 0.29) is 5.69 Å². The molecule has 0 aromatic heterocycles. The van der Waals surface area contributed by atoms with Crippen LogP contribution in [0.1, 0.15) is 28.8 Å². The Balaban J connectivity index is 1.81. The lowest BCUT2D eigenvalue weighted by Crippen LogP contribution is -2.21. The van der Waals surface area contributed by atoms with Crippen LogP contribution < -0.4 is 16.1 Å². The molecule has 8 heteroatoms. The Hall–Kier alpha value is -3.42. The maximum atomic E-state index is 12.1. The molecule has 0 aliphatic carbocycles. The largest absolute Gasteiger partial charge is 0.398 e. The van der Waals surface area contributed by atoms with Crippen LogP contribution in [0.4, 0.5) is 17.1 Å². The van der Waals surface area contributed by atoms with Crippen LogP contribution in [-0.4, -0.2) is 30.1 Å². The summed E-state index contributed by atoms with van der Waals surface area (Å²) in [6, 6.07) is 11.3. The first-order valence-electron chi connectivity index (χ1n) is 8.27. The minimum Gasteiger partial charge on any atom is -0.398 e. The van der Waals surface area contributed by atoms with Gasteiger partial charge in [0.1, 0.15) is 0 Å². The molecule has 0 unspecified atom stereocenters. The van der Waals surface area contributed by atoms with Gasteiger partial charge < -0.3 is 10.6 Å². The number of amides is 1. The summed E-state index contributed by atoms with van der Waals surface area (Å²) >= 11 is 0. The fourth-order valence-electron chi connectivity index (χ4n) is 2.93. The highest BCUT2D eigenvalue weighted by atomic mass is 16.6. The summed E-state index contributed by atoms with van der Waals surface area (Å²) in [5, 5.41) is 15.0. The molecule has 3 N–H and O–H groups in total.